The highest BCUT2D eigenvalue weighted by atomic mass is 19.1. The molecule has 0 aromatic heterocycles. The van der Waals surface area contributed by atoms with Crippen LogP contribution >= 0.6 is 0 Å². The summed E-state index contributed by atoms with van der Waals surface area (Å²) in [6.45, 7) is 4.28. The number of hydrogen-bond acceptors (Lipinski definition) is 3. The quantitative estimate of drug-likeness (QED) is 0.787. The van der Waals surface area contributed by atoms with Crippen LogP contribution in [0.2, 0.25) is 0 Å². The maximum absolute atomic E-state index is 14.4. The van der Waals surface area contributed by atoms with E-state index in [0.717, 1.165) is 12.8 Å². The topological polar surface area (TPSA) is 52.7 Å². The van der Waals surface area contributed by atoms with Gasteiger partial charge in [-0.05, 0) is 43.5 Å². The summed E-state index contributed by atoms with van der Waals surface area (Å²) < 4.78 is 14.4. The average Bonchev–Trinajstić information content (AvgIpc) is 3.54. The molecule has 1 saturated carbocycles. The second-order valence-corrected chi connectivity index (χ2v) is 8.00. The highest BCUT2D eigenvalue weighted by Gasteiger charge is 2.44. The molecule has 0 atom stereocenters. The van der Waals surface area contributed by atoms with E-state index in [2.05, 4.69) is 17.4 Å². The summed E-state index contributed by atoms with van der Waals surface area (Å²) >= 11 is 0. The standard InChI is InChI=1S/C23H26FN3O2/c1-17(28)18-7-8-21(20(24)15-18)26-11-13-27(14-12-26)22(29)25-16-23(9-10-23)19-5-3-2-4-6-19/h2-8,15H,9-14,16H2,1H3,(H,25,29). The van der Waals surface area contributed by atoms with Gasteiger partial charge in [0.15, 0.2) is 5.78 Å². The molecule has 0 radical (unpaired) electrons. The van der Waals surface area contributed by atoms with Gasteiger partial charge in [-0.25, -0.2) is 9.18 Å². The minimum Gasteiger partial charge on any atom is -0.366 e. The first kappa shape index (κ1) is 19.4. The number of hydrogen-bond donors (Lipinski definition) is 1. The Labute approximate surface area is 170 Å². The predicted molar refractivity (Wildman–Crippen MR) is 111 cm³/mol. The normalized spacial score (nSPS) is 17.7. The van der Waals surface area contributed by atoms with E-state index in [1.807, 2.05) is 23.1 Å². The van der Waals surface area contributed by atoms with E-state index in [1.165, 1.54) is 18.6 Å². The molecule has 1 aliphatic carbocycles. The van der Waals surface area contributed by atoms with Crippen molar-refractivity contribution in [2.24, 2.45) is 0 Å². The van der Waals surface area contributed by atoms with Gasteiger partial charge in [0.2, 0.25) is 0 Å². The van der Waals surface area contributed by atoms with Crippen molar-refractivity contribution in [2.45, 2.75) is 25.2 Å². The smallest absolute Gasteiger partial charge is 0.317 e. The van der Waals surface area contributed by atoms with Gasteiger partial charge in [-0.2, -0.15) is 0 Å². The third-order valence-electron chi connectivity index (χ3n) is 6.08. The van der Waals surface area contributed by atoms with Crippen LogP contribution in [-0.4, -0.2) is 49.4 Å². The van der Waals surface area contributed by atoms with Gasteiger partial charge < -0.3 is 15.1 Å². The van der Waals surface area contributed by atoms with Crippen LogP contribution in [0.15, 0.2) is 48.5 Å². The van der Waals surface area contributed by atoms with Crippen molar-refractivity contribution in [1.29, 1.82) is 0 Å². The number of Topliss-reactive ketones (excluding diaryl/α,β-unsaturated/α-hetero) is 1. The number of amides is 2. The first-order valence-electron chi connectivity index (χ1n) is 10.1. The largest absolute Gasteiger partial charge is 0.366 e. The second-order valence-electron chi connectivity index (χ2n) is 8.00. The summed E-state index contributed by atoms with van der Waals surface area (Å²) in [5.74, 6) is -0.546. The lowest BCUT2D eigenvalue weighted by atomic mass is 9.96. The highest BCUT2D eigenvalue weighted by Crippen LogP contribution is 2.47. The molecule has 2 fully saturated rings. The van der Waals surface area contributed by atoms with E-state index in [9.17, 15) is 14.0 Å². The van der Waals surface area contributed by atoms with Crippen molar-refractivity contribution in [3.8, 4) is 0 Å². The molecular weight excluding hydrogens is 369 g/mol. The lowest BCUT2D eigenvalue weighted by Gasteiger charge is -2.36. The molecule has 1 aliphatic heterocycles. The summed E-state index contributed by atoms with van der Waals surface area (Å²) in [6, 6.07) is 14.9. The molecule has 152 valence electrons. The van der Waals surface area contributed by atoms with Crippen molar-refractivity contribution in [3.63, 3.8) is 0 Å². The number of ketones is 1. The van der Waals surface area contributed by atoms with Crippen molar-refractivity contribution in [1.82, 2.24) is 10.2 Å². The van der Waals surface area contributed by atoms with Crippen LogP contribution in [0, 0.1) is 5.82 Å². The molecule has 1 N–H and O–H groups in total. The fourth-order valence-electron chi connectivity index (χ4n) is 4.00. The summed E-state index contributed by atoms with van der Waals surface area (Å²) in [5.41, 5.74) is 2.22. The zero-order chi connectivity index (χ0) is 20.4. The molecule has 2 aromatic carbocycles. The molecule has 2 aromatic rings. The number of nitrogens with zero attached hydrogens (tertiary/aromatic N) is 2. The fourth-order valence-corrected chi connectivity index (χ4v) is 4.00. The summed E-state index contributed by atoms with van der Waals surface area (Å²) in [4.78, 5) is 27.7. The van der Waals surface area contributed by atoms with Crippen LogP contribution in [0.25, 0.3) is 0 Å². The molecule has 0 bridgehead atoms. The first-order valence-corrected chi connectivity index (χ1v) is 10.1. The van der Waals surface area contributed by atoms with Crippen LogP contribution in [0.1, 0.15) is 35.7 Å². The summed E-state index contributed by atoms with van der Waals surface area (Å²) in [6.07, 6.45) is 2.20. The van der Waals surface area contributed by atoms with Crippen molar-refractivity contribution in [2.75, 3.05) is 37.6 Å². The fraction of sp³-hybridized carbons (Fsp3) is 0.391. The molecule has 0 unspecified atom stereocenters. The van der Waals surface area contributed by atoms with E-state index in [1.54, 1.807) is 17.0 Å². The van der Waals surface area contributed by atoms with Crippen LogP contribution in [0.3, 0.4) is 0 Å². The number of anilines is 1. The minimum absolute atomic E-state index is 0.0562. The number of benzene rings is 2. The van der Waals surface area contributed by atoms with Crippen molar-refractivity contribution < 1.29 is 14.0 Å². The third kappa shape index (κ3) is 4.11. The van der Waals surface area contributed by atoms with Gasteiger partial charge in [0.1, 0.15) is 5.82 Å². The predicted octanol–water partition coefficient (Wildman–Crippen LogP) is 3.59. The lowest BCUT2D eigenvalue weighted by molar-refractivity contribution is 0.101. The maximum atomic E-state index is 14.4. The maximum Gasteiger partial charge on any atom is 0.317 e. The van der Waals surface area contributed by atoms with Gasteiger partial charge in [0.25, 0.3) is 0 Å². The molecule has 2 amide bonds. The van der Waals surface area contributed by atoms with Gasteiger partial charge in [0.05, 0.1) is 5.69 Å². The molecule has 0 spiro atoms. The number of halogens is 1. The van der Waals surface area contributed by atoms with Crippen molar-refractivity contribution in [3.05, 3.63) is 65.5 Å². The Bertz CT molecular complexity index is 904. The van der Waals surface area contributed by atoms with Gasteiger partial charge in [0, 0.05) is 43.7 Å². The zero-order valence-electron chi connectivity index (χ0n) is 16.7. The number of urea groups is 1. The molecular formula is C23H26FN3O2. The molecule has 6 heteroatoms. The number of nitrogens with one attached hydrogen (secondary N) is 1. The lowest BCUT2D eigenvalue weighted by Crippen LogP contribution is -2.52. The number of piperazine rings is 1. The van der Waals surface area contributed by atoms with Gasteiger partial charge in [-0.15, -0.1) is 0 Å². The SMILES string of the molecule is CC(=O)c1ccc(N2CCN(C(=O)NCC3(c4ccccc4)CC3)CC2)c(F)c1. The Morgan fingerprint density at radius 1 is 1.03 bits per heavy atom. The molecule has 2 aliphatic rings. The number of carbonyl (C=O) groups is 2. The molecule has 5 nitrogen and oxygen atoms in total. The highest BCUT2D eigenvalue weighted by molar-refractivity contribution is 5.94. The van der Waals surface area contributed by atoms with Gasteiger partial charge in [-0.3, -0.25) is 4.79 Å². The molecule has 29 heavy (non-hydrogen) atoms. The van der Waals surface area contributed by atoms with E-state index >= 15 is 0 Å². The second kappa shape index (κ2) is 7.85. The average molecular weight is 395 g/mol. The Kier molecular flexibility index (Phi) is 5.26. The Hall–Kier alpha value is -2.89. The van der Waals surface area contributed by atoms with Gasteiger partial charge >= 0.3 is 6.03 Å². The molecule has 1 heterocycles. The first-order chi connectivity index (χ1) is 14.0. The van der Waals surface area contributed by atoms with Crippen LogP contribution in [-0.2, 0) is 5.41 Å². The summed E-state index contributed by atoms with van der Waals surface area (Å²) in [5, 5.41) is 3.10. The van der Waals surface area contributed by atoms with E-state index in [0.29, 0.717) is 44.0 Å². The monoisotopic (exact) mass is 395 g/mol. The Morgan fingerprint density at radius 3 is 2.31 bits per heavy atom. The van der Waals surface area contributed by atoms with Crippen LogP contribution in [0.5, 0.6) is 0 Å². The minimum atomic E-state index is -0.394. The number of rotatable bonds is 5. The number of carbonyl (C=O) groups excluding carboxylic acids is 2. The Morgan fingerprint density at radius 2 is 1.72 bits per heavy atom. The summed E-state index contributed by atoms with van der Waals surface area (Å²) in [7, 11) is 0. The van der Waals surface area contributed by atoms with Gasteiger partial charge in [-0.1, -0.05) is 30.3 Å². The zero-order valence-corrected chi connectivity index (χ0v) is 16.7. The van der Waals surface area contributed by atoms with Crippen molar-refractivity contribution >= 4 is 17.5 Å². The van der Waals surface area contributed by atoms with E-state index < -0.39 is 5.82 Å². The molecule has 4 rings (SSSR count). The molecule has 1 saturated heterocycles. The van der Waals surface area contributed by atoms with E-state index in [-0.39, 0.29) is 17.2 Å². The third-order valence-corrected chi connectivity index (χ3v) is 6.08. The van der Waals surface area contributed by atoms with E-state index in [4.69, 9.17) is 0 Å². The van der Waals surface area contributed by atoms with Crippen LogP contribution < -0.4 is 10.2 Å². The van der Waals surface area contributed by atoms with Crippen LogP contribution in [0.4, 0.5) is 14.9 Å². The Balaban J connectivity index is 1.31.